The fourth-order valence-corrected chi connectivity index (χ4v) is 1.24. The van der Waals surface area contributed by atoms with Gasteiger partial charge in [0.25, 0.3) is 0 Å². The Bertz CT molecular complexity index is 253. The third kappa shape index (κ3) is 3.24. The summed E-state index contributed by atoms with van der Waals surface area (Å²) in [5.74, 6) is 0. The van der Waals surface area contributed by atoms with E-state index in [-0.39, 0.29) is 6.61 Å². The molecule has 0 saturated carbocycles. The molecule has 4 atom stereocenters. The van der Waals surface area contributed by atoms with Crippen LogP contribution in [0.4, 0.5) is 0 Å². The fourth-order valence-electron chi connectivity index (χ4n) is 1.18. The van der Waals surface area contributed by atoms with Crippen molar-refractivity contribution >= 4 is 17.3 Å². The molecule has 1 saturated heterocycles. The lowest BCUT2D eigenvalue weighted by atomic mass is 10.1. The van der Waals surface area contributed by atoms with Crippen LogP contribution in [0, 0.1) is 0 Å². The zero-order chi connectivity index (χ0) is 12.3. The molecule has 0 aromatic carbocycles. The molecule has 1 rings (SSSR count). The molecule has 94 valence electrons. The fraction of sp³-hybridized carbons (Fsp3) is 0.875. The molecule has 1 aliphatic rings. The number of nitrogens with one attached hydrogen (secondary N) is 2. The summed E-state index contributed by atoms with van der Waals surface area (Å²) in [7, 11) is 3.52. The molecule has 1 fully saturated rings. The maximum Gasteiger partial charge on any atom is 0.183 e. The first-order valence-corrected chi connectivity index (χ1v) is 5.23. The van der Waals surface area contributed by atoms with Gasteiger partial charge in [-0.25, -0.2) is 5.43 Å². The molecule has 0 aromatic heterocycles. The van der Waals surface area contributed by atoms with Gasteiger partial charge in [-0.15, -0.1) is 0 Å². The summed E-state index contributed by atoms with van der Waals surface area (Å²) in [5.41, 5.74) is 5.27. The number of aliphatic hydroxyl groups excluding tert-OH is 3. The van der Waals surface area contributed by atoms with Gasteiger partial charge in [0, 0.05) is 14.1 Å². The van der Waals surface area contributed by atoms with Crippen molar-refractivity contribution in [2.45, 2.75) is 24.5 Å². The summed E-state index contributed by atoms with van der Waals surface area (Å²) < 4.78 is 5.09. The summed E-state index contributed by atoms with van der Waals surface area (Å²) in [4.78, 5) is 1.66. The summed E-state index contributed by atoms with van der Waals surface area (Å²) in [5, 5.41) is 28.6. The molecular weight excluding hydrogens is 234 g/mol. The molecule has 5 N–H and O–H groups in total. The normalized spacial score (nSPS) is 34.6. The molecular formula is C8H17N3O4S. The average molecular weight is 251 g/mol. The molecule has 0 aliphatic carbocycles. The van der Waals surface area contributed by atoms with Crippen molar-refractivity contribution in [1.29, 1.82) is 0 Å². The molecule has 0 aromatic rings. The SMILES string of the molecule is CN(C)C(=S)NN[C@@H]1OC[C@H](O)[C@@H](O)[C@@H]1O. The van der Waals surface area contributed by atoms with Crippen molar-refractivity contribution in [3.05, 3.63) is 0 Å². The third-order valence-corrected chi connectivity index (χ3v) is 2.70. The number of hydrazine groups is 1. The van der Waals surface area contributed by atoms with Gasteiger partial charge in [-0.1, -0.05) is 0 Å². The maximum absolute atomic E-state index is 9.56. The van der Waals surface area contributed by atoms with E-state index < -0.39 is 24.5 Å². The molecule has 16 heavy (non-hydrogen) atoms. The van der Waals surface area contributed by atoms with Crippen molar-refractivity contribution < 1.29 is 20.1 Å². The van der Waals surface area contributed by atoms with Crippen LogP contribution in [0.15, 0.2) is 0 Å². The number of hydrogen-bond donors (Lipinski definition) is 5. The van der Waals surface area contributed by atoms with Crippen LogP contribution in [-0.2, 0) is 4.74 Å². The molecule has 8 heteroatoms. The Morgan fingerprint density at radius 2 is 1.94 bits per heavy atom. The van der Waals surface area contributed by atoms with Gasteiger partial charge in [-0.3, -0.25) is 5.43 Å². The van der Waals surface area contributed by atoms with Gasteiger partial charge in [0.05, 0.1) is 6.61 Å². The number of ether oxygens (including phenoxy) is 1. The maximum atomic E-state index is 9.56. The van der Waals surface area contributed by atoms with Gasteiger partial charge in [0.2, 0.25) is 0 Å². The largest absolute Gasteiger partial charge is 0.388 e. The number of aliphatic hydroxyl groups is 3. The second-order valence-corrected chi connectivity index (χ2v) is 4.16. The standard InChI is InChI=1S/C8H17N3O4S/c1-11(2)8(16)10-9-7-6(14)5(13)4(12)3-15-7/h4-7,9,12-14H,3H2,1-2H3,(H,10,16)/t4-,5+,6-,7+/m0/s1. The van der Waals surface area contributed by atoms with Crippen LogP contribution in [0.25, 0.3) is 0 Å². The highest BCUT2D eigenvalue weighted by Gasteiger charge is 2.37. The van der Waals surface area contributed by atoms with Gasteiger partial charge in [-0.2, -0.15) is 0 Å². The van der Waals surface area contributed by atoms with E-state index in [1.165, 1.54) is 0 Å². The van der Waals surface area contributed by atoms with E-state index in [1.807, 2.05) is 0 Å². The third-order valence-electron chi connectivity index (χ3n) is 2.23. The van der Waals surface area contributed by atoms with Crippen LogP contribution >= 0.6 is 12.2 Å². The highest BCUT2D eigenvalue weighted by molar-refractivity contribution is 7.80. The van der Waals surface area contributed by atoms with E-state index in [0.717, 1.165) is 0 Å². The van der Waals surface area contributed by atoms with E-state index in [4.69, 9.17) is 17.0 Å². The first-order chi connectivity index (χ1) is 7.43. The Hall–Kier alpha value is -0.510. The van der Waals surface area contributed by atoms with Crippen LogP contribution in [0.1, 0.15) is 0 Å². The Labute approximate surface area is 99.0 Å². The molecule has 0 amide bonds. The van der Waals surface area contributed by atoms with Crippen LogP contribution in [0.3, 0.4) is 0 Å². The van der Waals surface area contributed by atoms with E-state index >= 15 is 0 Å². The Morgan fingerprint density at radius 1 is 1.31 bits per heavy atom. The van der Waals surface area contributed by atoms with E-state index in [1.54, 1.807) is 19.0 Å². The van der Waals surface area contributed by atoms with Crippen molar-refractivity contribution in [3.8, 4) is 0 Å². The average Bonchev–Trinajstić information content (AvgIpc) is 2.24. The lowest BCUT2D eigenvalue weighted by Crippen LogP contribution is -2.61. The number of rotatable bonds is 2. The van der Waals surface area contributed by atoms with Crippen LogP contribution < -0.4 is 10.9 Å². The monoisotopic (exact) mass is 251 g/mol. The lowest BCUT2D eigenvalue weighted by molar-refractivity contribution is -0.196. The number of thiocarbonyl (C=S) groups is 1. The van der Waals surface area contributed by atoms with Crippen molar-refractivity contribution in [2.75, 3.05) is 20.7 Å². The molecule has 0 spiro atoms. The van der Waals surface area contributed by atoms with Crippen LogP contribution in [0.5, 0.6) is 0 Å². The van der Waals surface area contributed by atoms with Crippen molar-refractivity contribution in [3.63, 3.8) is 0 Å². The minimum Gasteiger partial charge on any atom is -0.388 e. The first kappa shape index (κ1) is 13.6. The van der Waals surface area contributed by atoms with E-state index in [9.17, 15) is 15.3 Å². The van der Waals surface area contributed by atoms with Crippen molar-refractivity contribution in [2.24, 2.45) is 0 Å². The van der Waals surface area contributed by atoms with Gasteiger partial charge >= 0.3 is 0 Å². The quantitative estimate of drug-likeness (QED) is 0.269. The molecule has 1 heterocycles. The smallest absolute Gasteiger partial charge is 0.183 e. The van der Waals surface area contributed by atoms with Crippen LogP contribution in [-0.4, -0.2) is 70.6 Å². The second kappa shape index (κ2) is 5.71. The second-order valence-electron chi connectivity index (χ2n) is 3.77. The lowest BCUT2D eigenvalue weighted by Gasteiger charge is -2.35. The predicted octanol–water partition coefficient (Wildman–Crippen LogP) is -2.63. The van der Waals surface area contributed by atoms with Gasteiger partial charge < -0.3 is 25.0 Å². The van der Waals surface area contributed by atoms with Crippen molar-refractivity contribution in [1.82, 2.24) is 15.8 Å². The summed E-state index contributed by atoms with van der Waals surface area (Å²) in [6, 6.07) is 0. The van der Waals surface area contributed by atoms with E-state index in [2.05, 4.69) is 10.9 Å². The Kier molecular flexibility index (Phi) is 4.84. The minimum absolute atomic E-state index is 0.0493. The highest BCUT2D eigenvalue weighted by atomic mass is 32.1. The molecule has 0 bridgehead atoms. The summed E-state index contributed by atoms with van der Waals surface area (Å²) >= 11 is 4.94. The van der Waals surface area contributed by atoms with Gasteiger partial charge in [0.1, 0.15) is 18.3 Å². The zero-order valence-electron chi connectivity index (χ0n) is 9.12. The molecule has 0 radical (unpaired) electrons. The van der Waals surface area contributed by atoms with Gasteiger partial charge in [-0.05, 0) is 12.2 Å². The predicted molar refractivity (Wildman–Crippen MR) is 60.3 cm³/mol. The molecule has 0 unspecified atom stereocenters. The van der Waals surface area contributed by atoms with E-state index in [0.29, 0.717) is 5.11 Å². The topological polar surface area (TPSA) is 97.2 Å². The van der Waals surface area contributed by atoms with Crippen LogP contribution in [0.2, 0.25) is 0 Å². The Balaban J connectivity index is 2.40. The molecule has 1 aliphatic heterocycles. The molecule has 7 nitrogen and oxygen atoms in total. The minimum atomic E-state index is -1.24. The number of hydrogen-bond acceptors (Lipinski definition) is 6. The summed E-state index contributed by atoms with van der Waals surface area (Å²) in [6.07, 6.45) is -4.35. The summed E-state index contributed by atoms with van der Waals surface area (Å²) in [6.45, 7) is -0.0493. The first-order valence-electron chi connectivity index (χ1n) is 4.82. The van der Waals surface area contributed by atoms with Gasteiger partial charge in [0.15, 0.2) is 11.3 Å². The highest BCUT2D eigenvalue weighted by Crippen LogP contribution is 2.12. The Morgan fingerprint density at radius 3 is 2.50 bits per heavy atom. The zero-order valence-corrected chi connectivity index (χ0v) is 9.94. The number of nitrogens with zero attached hydrogens (tertiary/aromatic N) is 1.